The summed E-state index contributed by atoms with van der Waals surface area (Å²) in [6.07, 6.45) is 0. The molecular weight excluding hydrogens is 203 g/mol. The number of ether oxygens (including phenoxy) is 1. The number of carbonyl (C=O) groups excluding carboxylic acids is 2. The maximum atomic E-state index is 11.3. The van der Waals surface area contributed by atoms with Gasteiger partial charge < -0.3 is 6.16 Å². The second-order valence-corrected chi connectivity index (χ2v) is 2.82. The van der Waals surface area contributed by atoms with Crippen LogP contribution in [0.3, 0.4) is 0 Å². The SMILES string of the molecule is C=C(C)C(=O)OC(=O)c1ccccc1.[H-].[Na+]. The summed E-state index contributed by atoms with van der Waals surface area (Å²) in [5, 5.41) is 0. The normalized spacial score (nSPS) is 8.60. The molecule has 0 bridgehead atoms. The van der Waals surface area contributed by atoms with Crippen molar-refractivity contribution < 1.29 is 45.3 Å². The second kappa shape index (κ2) is 6.56. The van der Waals surface area contributed by atoms with Crippen LogP contribution in [0.1, 0.15) is 18.7 Å². The van der Waals surface area contributed by atoms with Gasteiger partial charge in [0.15, 0.2) is 0 Å². The number of hydrogen-bond acceptors (Lipinski definition) is 3. The molecule has 3 nitrogen and oxygen atoms in total. The maximum absolute atomic E-state index is 11.3. The smallest absolute Gasteiger partial charge is 1.00 e. The molecule has 4 heteroatoms. The Hall–Kier alpha value is -0.900. The first-order valence-corrected chi connectivity index (χ1v) is 4.08. The van der Waals surface area contributed by atoms with Gasteiger partial charge in [0.1, 0.15) is 0 Å². The van der Waals surface area contributed by atoms with E-state index in [1.54, 1.807) is 30.3 Å². The van der Waals surface area contributed by atoms with Crippen molar-refractivity contribution in [2.45, 2.75) is 6.92 Å². The van der Waals surface area contributed by atoms with E-state index in [0.29, 0.717) is 5.56 Å². The van der Waals surface area contributed by atoms with Crippen LogP contribution in [0.4, 0.5) is 0 Å². The summed E-state index contributed by atoms with van der Waals surface area (Å²) in [4.78, 5) is 22.3. The molecule has 0 radical (unpaired) electrons. The third kappa shape index (κ3) is 4.42. The van der Waals surface area contributed by atoms with Crippen molar-refractivity contribution in [1.82, 2.24) is 0 Å². The predicted molar refractivity (Wildman–Crippen MR) is 52.8 cm³/mol. The van der Waals surface area contributed by atoms with E-state index in [4.69, 9.17) is 0 Å². The van der Waals surface area contributed by atoms with Crippen molar-refractivity contribution in [1.29, 1.82) is 0 Å². The van der Waals surface area contributed by atoms with Crippen molar-refractivity contribution >= 4 is 11.9 Å². The van der Waals surface area contributed by atoms with Crippen molar-refractivity contribution in [3.05, 3.63) is 48.0 Å². The van der Waals surface area contributed by atoms with E-state index >= 15 is 0 Å². The summed E-state index contributed by atoms with van der Waals surface area (Å²) >= 11 is 0. The molecule has 0 fully saturated rings. The van der Waals surface area contributed by atoms with E-state index in [2.05, 4.69) is 11.3 Å². The monoisotopic (exact) mass is 214 g/mol. The third-order valence-corrected chi connectivity index (χ3v) is 1.54. The van der Waals surface area contributed by atoms with Gasteiger partial charge in [-0.1, -0.05) is 24.8 Å². The molecule has 0 aliphatic rings. The standard InChI is InChI=1S/C11H10O3.Na.H/c1-8(2)10(12)14-11(13)9-6-4-3-5-7-9;;/h3-7H,1H2,2H3;;/q;+1;-1. The molecule has 0 saturated carbocycles. The predicted octanol–water partition coefficient (Wildman–Crippen LogP) is -0.937. The van der Waals surface area contributed by atoms with Gasteiger partial charge in [-0.3, -0.25) is 0 Å². The van der Waals surface area contributed by atoms with Gasteiger partial charge in [0, 0.05) is 5.57 Å². The minimum atomic E-state index is -0.696. The van der Waals surface area contributed by atoms with Crippen LogP contribution in [0.25, 0.3) is 0 Å². The fraction of sp³-hybridized carbons (Fsp3) is 0.0909. The molecule has 1 aromatic carbocycles. The van der Waals surface area contributed by atoms with E-state index < -0.39 is 11.9 Å². The van der Waals surface area contributed by atoms with E-state index in [1.807, 2.05) is 0 Å². The summed E-state index contributed by atoms with van der Waals surface area (Å²) in [5.41, 5.74) is 0.552. The molecular formula is C11H11NaO3. The summed E-state index contributed by atoms with van der Waals surface area (Å²) in [7, 11) is 0. The molecule has 1 aromatic rings. The average molecular weight is 214 g/mol. The van der Waals surface area contributed by atoms with Crippen molar-refractivity contribution in [3.63, 3.8) is 0 Å². The first-order valence-electron chi connectivity index (χ1n) is 4.08. The van der Waals surface area contributed by atoms with Crippen LogP contribution in [0, 0.1) is 0 Å². The van der Waals surface area contributed by atoms with Gasteiger partial charge in [-0.2, -0.15) is 0 Å². The van der Waals surface area contributed by atoms with Gasteiger partial charge in [-0.25, -0.2) is 9.59 Å². The Bertz CT molecular complexity index is 376. The van der Waals surface area contributed by atoms with Crippen molar-refractivity contribution in [2.75, 3.05) is 0 Å². The molecule has 0 saturated heterocycles. The summed E-state index contributed by atoms with van der Waals surface area (Å²) in [5.74, 6) is -1.35. The van der Waals surface area contributed by atoms with Gasteiger partial charge in [-0.15, -0.1) is 0 Å². The van der Waals surface area contributed by atoms with Gasteiger partial charge in [0.05, 0.1) is 5.56 Å². The van der Waals surface area contributed by atoms with Crippen LogP contribution in [-0.2, 0) is 9.53 Å². The second-order valence-electron chi connectivity index (χ2n) is 2.82. The van der Waals surface area contributed by atoms with E-state index in [9.17, 15) is 9.59 Å². The zero-order chi connectivity index (χ0) is 10.6. The first-order chi connectivity index (χ1) is 6.61. The largest absolute Gasteiger partial charge is 1.00 e. The Kier molecular flexibility index (Phi) is 6.17. The van der Waals surface area contributed by atoms with Crippen LogP contribution in [-0.4, -0.2) is 11.9 Å². The van der Waals surface area contributed by atoms with E-state index in [-0.39, 0.29) is 36.6 Å². The van der Waals surface area contributed by atoms with Crippen LogP contribution in [0.5, 0.6) is 0 Å². The number of hydrogen-bond donors (Lipinski definition) is 0. The summed E-state index contributed by atoms with van der Waals surface area (Å²) < 4.78 is 4.52. The minimum Gasteiger partial charge on any atom is -1.00 e. The molecule has 0 N–H and O–H groups in total. The molecule has 0 atom stereocenters. The van der Waals surface area contributed by atoms with Gasteiger partial charge >= 0.3 is 41.5 Å². The van der Waals surface area contributed by atoms with Crippen molar-refractivity contribution in [2.24, 2.45) is 0 Å². The Morgan fingerprint density at radius 2 is 1.80 bits per heavy atom. The fourth-order valence-corrected chi connectivity index (χ4v) is 0.804. The van der Waals surface area contributed by atoms with Gasteiger partial charge in [0.25, 0.3) is 0 Å². The van der Waals surface area contributed by atoms with Crippen LogP contribution < -0.4 is 29.6 Å². The Labute approximate surface area is 112 Å². The molecule has 0 spiro atoms. The van der Waals surface area contributed by atoms with Gasteiger partial charge in [0.2, 0.25) is 0 Å². The molecule has 0 amide bonds. The third-order valence-electron chi connectivity index (χ3n) is 1.54. The molecule has 15 heavy (non-hydrogen) atoms. The fourth-order valence-electron chi connectivity index (χ4n) is 0.804. The molecule has 0 heterocycles. The summed E-state index contributed by atoms with van der Waals surface area (Å²) in [6, 6.07) is 8.32. The molecule has 0 aromatic heterocycles. The first kappa shape index (κ1) is 14.1. The number of rotatable bonds is 2. The molecule has 1 rings (SSSR count). The van der Waals surface area contributed by atoms with Crippen LogP contribution in [0.2, 0.25) is 0 Å². The zero-order valence-corrected chi connectivity index (χ0v) is 10.8. The Morgan fingerprint density at radius 3 is 2.27 bits per heavy atom. The molecule has 74 valence electrons. The topological polar surface area (TPSA) is 43.4 Å². The molecule has 0 aliphatic heterocycles. The Balaban J connectivity index is 0. The number of benzene rings is 1. The van der Waals surface area contributed by atoms with Crippen molar-refractivity contribution in [3.8, 4) is 0 Å². The quantitative estimate of drug-likeness (QED) is 0.276. The van der Waals surface area contributed by atoms with E-state index in [1.165, 1.54) is 6.92 Å². The maximum Gasteiger partial charge on any atom is 1.00 e. The van der Waals surface area contributed by atoms with Crippen LogP contribution in [0.15, 0.2) is 42.5 Å². The van der Waals surface area contributed by atoms with Crippen LogP contribution >= 0.6 is 0 Å². The van der Waals surface area contributed by atoms with Gasteiger partial charge in [-0.05, 0) is 19.1 Å². The Morgan fingerprint density at radius 1 is 1.27 bits per heavy atom. The van der Waals surface area contributed by atoms with E-state index in [0.717, 1.165) is 0 Å². The molecule has 0 unspecified atom stereocenters. The minimum absolute atomic E-state index is 0. The number of carbonyl (C=O) groups is 2. The number of esters is 2. The zero-order valence-electron chi connectivity index (χ0n) is 9.82. The average Bonchev–Trinajstić information content (AvgIpc) is 2.19. The molecule has 0 aliphatic carbocycles. The summed E-state index contributed by atoms with van der Waals surface area (Å²) in [6.45, 7) is 4.86.